The van der Waals surface area contributed by atoms with E-state index in [1.54, 1.807) is 24.3 Å². The van der Waals surface area contributed by atoms with Crippen LogP contribution in [-0.2, 0) is 4.74 Å². The lowest BCUT2D eigenvalue weighted by Gasteiger charge is -2.13. The van der Waals surface area contributed by atoms with Crippen LogP contribution in [0.15, 0.2) is 65.6 Å². The predicted molar refractivity (Wildman–Crippen MR) is 126 cm³/mol. The number of anilines is 2. The monoisotopic (exact) mass is 453 g/mol. The Morgan fingerprint density at radius 1 is 1.03 bits per heavy atom. The van der Waals surface area contributed by atoms with E-state index in [0.29, 0.717) is 35.0 Å². The number of nitro groups is 1. The molecule has 9 heteroatoms. The van der Waals surface area contributed by atoms with Gasteiger partial charge in [-0.1, -0.05) is 17.7 Å². The van der Waals surface area contributed by atoms with Crippen LogP contribution < -0.4 is 14.8 Å². The fourth-order valence-corrected chi connectivity index (χ4v) is 3.56. The molecule has 0 heterocycles. The normalized spacial score (nSPS) is 10.3. The van der Waals surface area contributed by atoms with Gasteiger partial charge >= 0.3 is 5.97 Å². The standard InChI is InChI=1S/C23H23N3O5S/c1-4-24-21-14-17(8-12-22(21)26(28)29)31-16-7-11-20(19(13-16)23(27)30-3)25-32-18-9-5-15(2)6-10-18/h5-14,24-25H,4H2,1-3H3. The molecule has 0 radical (unpaired) electrons. The van der Waals surface area contributed by atoms with E-state index < -0.39 is 10.9 Å². The number of carbonyl (C=O) groups is 1. The first-order chi connectivity index (χ1) is 15.4. The van der Waals surface area contributed by atoms with Gasteiger partial charge in [0.2, 0.25) is 0 Å². The van der Waals surface area contributed by atoms with Crippen molar-refractivity contribution >= 4 is 35.0 Å². The molecule has 3 aromatic rings. The van der Waals surface area contributed by atoms with E-state index in [1.165, 1.54) is 31.2 Å². The highest BCUT2D eigenvalue weighted by atomic mass is 32.2. The molecule has 3 aromatic carbocycles. The zero-order valence-corrected chi connectivity index (χ0v) is 18.7. The van der Waals surface area contributed by atoms with Crippen molar-refractivity contribution in [2.45, 2.75) is 18.7 Å². The van der Waals surface area contributed by atoms with E-state index in [1.807, 2.05) is 38.1 Å². The van der Waals surface area contributed by atoms with Gasteiger partial charge in [0.25, 0.3) is 5.69 Å². The smallest absolute Gasteiger partial charge is 0.340 e. The summed E-state index contributed by atoms with van der Waals surface area (Å²) in [4.78, 5) is 24.1. The first kappa shape index (κ1) is 23.0. The SMILES string of the molecule is CCNc1cc(Oc2ccc(NSc3ccc(C)cc3)c(C(=O)OC)c2)ccc1[N+](=O)[O-]. The number of esters is 1. The molecule has 0 saturated heterocycles. The van der Waals surface area contributed by atoms with E-state index in [-0.39, 0.29) is 5.69 Å². The molecule has 3 rings (SSSR count). The summed E-state index contributed by atoms with van der Waals surface area (Å²) < 4.78 is 14.0. The van der Waals surface area contributed by atoms with Crippen molar-refractivity contribution < 1.29 is 19.2 Å². The number of carbonyl (C=O) groups excluding carboxylic acids is 1. The number of hydrogen-bond acceptors (Lipinski definition) is 8. The van der Waals surface area contributed by atoms with Gasteiger partial charge in [0.15, 0.2) is 0 Å². The number of hydrogen-bond donors (Lipinski definition) is 2. The van der Waals surface area contributed by atoms with Gasteiger partial charge in [0, 0.05) is 23.6 Å². The Labute approximate surface area is 190 Å². The second-order valence-electron chi connectivity index (χ2n) is 6.78. The van der Waals surface area contributed by atoms with Gasteiger partial charge in [-0.05, 0) is 62.2 Å². The maximum Gasteiger partial charge on any atom is 0.340 e. The molecule has 0 aliphatic rings. The number of ether oxygens (including phenoxy) is 2. The minimum Gasteiger partial charge on any atom is -0.465 e. The molecule has 0 unspecified atom stereocenters. The lowest BCUT2D eigenvalue weighted by Crippen LogP contribution is -2.05. The summed E-state index contributed by atoms with van der Waals surface area (Å²) in [6.07, 6.45) is 0. The van der Waals surface area contributed by atoms with Gasteiger partial charge in [-0.3, -0.25) is 10.1 Å². The molecule has 0 aliphatic heterocycles. The quantitative estimate of drug-likeness (QED) is 0.175. The Kier molecular flexibility index (Phi) is 7.56. The van der Waals surface area contributed by atoms with Crippen molar-refractivity contribution in [2.75, 3.05) is 23.7 Å². The van der Waals surface area contributed by atoms with Crippen molar-refractivity contribution in [1.29, 1.82) is 0 Å². The Hall–Kier alpha value is -3.72. The zero-order valence-electron chi connectivity index (χ0n) is 17.9. The van der Waals surface area contributed by atoms with Gasteiger partial charge in [0.05, 0.1) is 23.3 Å². The maximum atomic E-state index is 12.3. The second-order valence-corrected chi connectivity index (χ2v) is 7.66. The molecule has 0 aliphatic carbocycles. The highest BCUT2D eigenvalue weighted by Crippen LogP contribution is 2.33. The van der Waals surface area contributed by atoms with Crippen molar-refractivity contribution in [2.24, 2.45) is 0 Å². The lowest BCUT2D eigenvalue weighted by molar-refractivity contribution is -0.384. The van der Waals surface area contributed by atoms with E-state index >= 15 is 0 Å². The van der Waals surface area contributed by atoms with Crippen LogP contribution in [0.1, 0.15) is 22.8 Å². The van der Waals surface area contributed by atoms with E-state index in [4.69, 9.17) is 9.47 Å². The molecule has 0 spiro atoms. The highest BCUT2D eigenvalue weighted by Gasteiger charge is 2.17. The van der Waals surface area contributed by atoms with E-state index in [2.05, 4.69) is 10.0 Å². The molecule has 0 amide bonds. The van der Waals surface area contributed by atoms with E-state index in [0.717, 1.165) is 10.5 Å². The van der Waals surface area contributed by atoms with Gasteiger partial charge in [0.1, 0.15) is 17.2 Å². The molecule has 2 N–H and O–H groups in total. The summed E-state index contributed by atoms with van der Waals surface area (Å²) in [5.41, 5.74) is 2.36. The number of rotatable bonds is 9. The first-order valence-corrected chi connectivity index (χ1v) is 10.6. The second kappa shape index (κ2) is 10.5. The third-order valence-corrected chi connectivity index (χ3v) is 5.29. The van der Waals surface area contributed by atoms with Crippen LogP contribution in [0.5, 0.6) is 11.5 Å². The number of methoxy groups -OCH3 is 1. The van der Waals surface area contributed by atoms with Crippen LogP contribution in [-0.4, -0.2) is 24.5 Å². The minimum absolute atomic E-state index is 0.0397. The Balaban J connectivity index is 1.83. The lowest BCUT2D eigenvalue weighted by atomic mass is 10.1. The van der Waals surface area contributed by atoms with Gasteiger partial charge in [-0.25, -0.2) is 4.79 Å². The summed E-state index contributed by atoms with van der Waals surface area (Å²) in [5.74, 6) is 0.282. The summed E-state index contributed by atoms with van der Waals surface area (Å²) in [6.45, 7) is 4.39. The molecule has 8 nitrogen and oxygen atoms in total. The fraction of sp³-hybridized carbons (Fsp3) is 0.174. The van der Waals surface area contributed by atoms with Crippen LogP contribution in [0.3, 0.4) is 0 Å². The van der Waals surface area contributed by atoms with Crippen LogP contribution in [0.25, 0.3) is 0 Å². The van der Waals surface area contributed by atoms with Crippen molar-refractivity contribution in [3.8, 4) is 11.5 Å². The van der Waals surface area contributed by atoms with Crippen LogP contribution in [0, 0.1) is 17.0 Å². The molecule has 32 heavy (non-hydrogen) atoms. The predicted octanol–water partition coefficient (Wildman–Crippen LogP) is 6.03. The molecule has 166 valence electrons. The van der Waals surface area contributed by atoms with Crippen LogP contribution in [0.4, 0.5) is 17.1 Å². The summed E-state index contributed by atoms with van der Waals surface area (Å²) in [7, 11) is 1.31. The van der Waals surface area contributed by atoms with Crippen molar-refractivity contribution in [3.63, 3.8) is 0 Å². The number of benzene rings is 3. The third kappa shape index (κ3) is 5.70. The van der Waals surface area contributed by atoms with Gasteiger partial charge in [-0.2, -0.15) is 0 Å². The fourth-order valence-electron chi connectivity index (χ4n) is 2.88. The van der Waals surface area contributed by atoms with Crippen LogP contribution >= 0.6 is 11.9 Å². The molecule has 0 saturated carbocycles. The highest BCUT2D eigenvalue weighted by molar-refractivity contribution is 8.00. The molecule has 0 aromatic heterocycles. The van der Waals surface area contributed by atoms with Gasteiger partial charge < -0.3 is 19.5 Å². The largest absolute Gasteiger partial charge is 0.465 e. The molecular weight excluding hydrogens is 430 g/mol. The number of nitro benzene ring substituents is 1. The molecule has 0 fully saturated rings. The summed E-state index contributed by atoms with van der Waals surface area (Å²) >= 11 is 1.38. The van der Waals surface area contributed by atoms with Crippen molar-refractivity contribution in [1.82, 2.24) is 0 Å². The number of nitrogens with one attached hydrogen (secondary N) is 2. The van der Waals surface area contributed by atoms with Gasteiger partial charge in [-0.15, -0.1) is 0 Å². The maximum absolute atomic E-state index is 12.3. The number of nitrogens with zero attached hydrogens (tertiary/aromatic N) is 1. The Morgan fingerprint density at radius 2 is 1.72 bits per heavy atom. The Morgan fingerprint density at radius 3 is 2.38 bits per heavy atom. The first-order valence-electron chi connectivity index (χ1n) is 9.83. The number of aryl methyl sites for hydroxylation is 1. The van der Waals surface area contributed by atoms with E-state index in [9.17, 15) is 14.9 Å². The average Bonchev–Trinajstić information content (AvgIpc) is 2.79. The average molecular weight is 454 g/mol. The topological polar surface area (TPSA) is 103 Å². The zero-order chi connectivity index (χ0) is 23.1. The molecular formula is C23H23N3O5S. The Bertz CT molecular complexity index is 1120. The minimum atomic E-state index is -0.514. The van der Waals surface area contributed by atoms with Crippen LogP contribution in [0.2, 0.25) is 0 Å². The molecule has 0 atom stereocenters. The molecule has 0 bridgehead atoms. The van der Waals surface area contributed by atoms with Crippen molar-refractivity contribution in [3.05, 3.63) is 81.9 Å². The third-order valence-electron chi connectivity index (χ3n) is 4.46. The summed E-state index contributed by atoms with van der Waals surface area (Å²) in [5, 5.41) is 14.2. The summed E-state index contributed by atoms with van der Waals surface area (Å²) in [6, 6.07) is 17.4.